The highest BCUT2D eigenvalue weighted by Crippen LogP contribution is 2.29. The Morgan fingerprint density at radius 1 is 1.00 bits per heavy atom. The number of amides is 2. The average molecular weight is 475 g/mol. The normalized spacial score (nSPS) is 10.9. The number of para-hydroxylation sites is 2. The summed E-state index contributed by atoms with van der Waals surface area (Å²) in [4.78, 5) is 31.0. The number of aromatic nitrogens is 2. The molecule has 3 aromatic carbocycles. The molecule has 4 rings (SSSR count). The summed E-state index contributed by atoms with van der Waals surface area (Å²) in [5, 5.41) is 0.717. The summed E-state index contributed by atoms with van der Waals surface area (Å²) in [6.07, 6.45) is 0.119. The van der Waals surface area contributed by atoms with Gasteiger partial charge in [-0.15, -0.1) is 0 Å². The maximum atomic E-state index is 13.2. The van der Waals surface area contributed by atoms with E-state index in [1.54, 1.807) is 12.0 Å². The third-order valence-corrected chi connectivity index (χ3v) is 6.31. The van der Waals surface area contributed by atoms with Crippen LogP contribution in [0.25, 0.3) is 16.7 Å². The predicted molar refractivity (Wildman–Crippen MR) is 134 cm³/mol. The largest absolute Gasteiger partial charge is 0.497 e. The fourth-order valence-electron chi connectivity index (χ4n) is 3.64. The lowest BCUT2D eigenvalue weighted by atomic mass is 10.2. The molecule has 0 fully saturated rings. The lowest BCUT2D eigenvalue weighted by Crippen LogP contribution is -2.34. The molecule has 34 heavy (non-hydrogen) atoms. The molecule has 7 nitrogen and oxygen atoms in total. The van der Waals surface area contributed by atoms with Gasteiger partial charge in [-0.2, -0.15) is 0 Å². The van der Waals surface area contributed by atoms with Gasteiger partial charge in [0.15, 0.2) is 5.16 Å². The molecule has 8 heteroatoms. The van der Waals surface area contributed by atoms with Crippen molar-refractivity contribution in [2.45, 2.75) is 18.1 Å². The number of hydrogen-bond acceptors (Lipinski definition) is 5. The number of ether oxygens (including phenoxy) is 1. The standard InChI is InChI=1S/C26H26N4O3S/c1-33-21-13-11-20(12-14-21)30-23-10-6-5-9-22(23)28-26(30)34-18-25(32)29(16-15-24(27)31)17-19-7-3-2-4-8-19/h2-14H,15-18H2,1H3,(H2,27,31). The van der Waals surface area contributed by atoms with Crippen LogP contribution in [0.4, 0.5) is 0 Å². The molecule has 2 amide bonds. The van der Waals surface area contributed by atoms with Gasteiger partial charge in [-0.1, -0.05) is 54.2 Å². The zero-order chi connectivity index (χ0) is 23.9. The van der Waals surface area contributed by atoms with Crippen molar-refractivity contribution >= 4 is 34.6 Å². The van der Waals surface area contributed by atoms with E-state index in [-0.39, 0.29) is 24.6 Å². The van der Waals surface area contributed by atoms with Crippen molar-refractivity contribution in [2.75, 3.05) is 19.4 Å². The molecule has 1 heterocycles. The second kappa shape index (κ2) is 10.9. The van der Waals surface area contributed by atoms with Gasteiger partial charge < -0.3 is 15.4 Å². The molecule has 0 unspecified atom stereocenters. The topological polar surface area (TPSA) is 90.5 Å². The second-order valence-electron chi connectivity index (χ2n) is 7.72. The van der Waals surface area contributed by atoms with Gasteiger partial charge in [0.05, 0.1) is 23.9 Å². The number of hydrogen-bond donors (Lipinski definition) is 1. The Bertz CT molecular complexity index is 1270. The van der Waals surface area contributed by atoms with Crippen LogP contribution in [0.3, 0.4) is 0 Å². The zero-order valence-corrected chi connectivity index (χ0v) is 19.7. The minimum absolute atomic E-state index is 0.0801. The Labute approximate surface area is 202 Å². The Kier molecular flexibility index (Phi) is 7.49. The lowest BCUT2D eigenvalue weighted by molar-refractivity contribution is -0.129. The van der Waals surface area contributed by atoms with Crippen molar-refractivity contribution in [3.63, 3.8) is 0 Å². The summed E-state index contributed by atoms with van der Waals surface area (Å²) in [6, 6.07) is 25.3. The highest BCUT2D eigenvalue weighted by atomic mass is 32.2. The molecule has 0 bridgehead atoms. The van der Waals surface area contributed by atoms with Crippen LogP contribution in [-0.2, 0) is 16.1 Å². The van der Waals surface area contributed by atoms with Crippen molar-refractivity contribution < 1.29 is 14.3 Å². The van der Waals surface area contributed by atoms with Crippen LogP contribution in [0.5, 0.6) is 5.75 Å². The van der Waals surface area contributed by atoms with Crippen molar-refractivity contribution in [3.05, 3.63) is 84.4 Å². The van der Waals surface area contributed by atoms with E-state index in [9.17, 15) is 9.59 Å². The van der Waals surface area contributed by atoms with E-state index in [0.717, 1.165) is 28.0 Å². The number of carbonyl (C=O) groups is 2. The first kappa shape index (κ1) is 23.4. The van der Waals surface area contributed by atoms with Crippen LogP contribution in [0.15, 0.2) is 84.0 Å². The van der Waals surface area contributed by atoms with E-state index in [1.165, 1.54) is 11.8 Å². The minimum Gasteiger partial charge on any atom is -0.497 e. The van der Waals surface area contributed by atoms with Crippen molar-refractivity contribution in [3.8, 4) is 11.4 Å². The third-order valence-electron chi connectivity index (χ3n) is 5.38. The molecule has 0 saturated heterocycles. The SMILES string of the molecule is COc1ccc(-n2c(SCC(=O)N(CCC(N)=O)Cc3ccccc3)nc3ccccc32)cc1. The number of thioether (sulfide) groups is 1. The number of carbonyl (C=O) groups excluding carboxylic acids is 2. The van der Waals surface area contributed by atoms with Gasteiger partial charge in [0.2, 0.25) is 11.8 Å². The van der Waals surface area contributed by atoms with Crippen molar-refractivity contribution in [2.24, 2.45) is 5.73 Å². The minimum atomic E-state index is -0.431. The van der Waals surface area contributed by atoms with Crippen LogP contribution >= 0.6 is 11.8 Å². The van der Waals surface area contributed by atoms with E-state index < -0.39 is 5.91 Å². The van der Waals surface area contributed by atoms with Crippen molar-refractivity contribution in [1.29, 1.82) is 0 Å². The first-order valence-electron chi connectivity index (χ1n) is 10.9. The molecule has 0 atom stereocenters. The molecular weight excluding hydrogens is 448 g/mol. The Morgan fingerprint density at radius 3 is 2.41 bits per heavy atom. The van der Waals surface area contributed by atoms with E-state index >= 15 is 0 Å². The summed E-state index contributed by atoms with van der Waals surface area (Å²) in [6.45, 7) is 0.695. The summed E-state index contributed by atoms with van der Waals surface area (Å²) in [7, 11) is 1.63. The number of primary amides is 1. The van der Waals surface area contributed by atoms with Gasteiger partial charge in [-0.25, -0.2) is 4.98 Å². The van der Waals surface area contributed by atoms with Crippen LogP contribution < -0.4 is 10.5 Å². The van der Waals surface area contributed by atoms with Gasteiger partial charge in [0.25, 0.3) is 0 Å². The van der Waals surface area contributed by atoms with Crippen LogP contribution in [0, 0.1) is 0 Å². The molecule has 0 aliphatic heterocycles. The molecule has 2 N–H and O–H groups in total. The second-order valence-corrected chi connectivity index (χ2v) is 8.66. The Hall–Kier alpha value is -3.78. The molecule has 0 radical (unpaired) electrons. The number of benzene rings is 3. The number of rotatable bonds is 10. The lowest BCUT2D eigenvalue weighted by Gasteiger charge is -2.22. The quantitative estimate of drug-likeness (QED) is 0.351. The number of nitrogens with zero attached hydrogens (tertiary/aromatic N) is 3. The Morgan fingerprint density at radius 2 is 1.71 bits per heavy atom. The Balaban J connectivity index is 1.57. The van der Waals surface area contributed by atoms with E-state index in [2.05, 4.69) is 0 Å². The molecular formula is C26H26N4O3S. The average Bonchev–Trinajstić information content (AvgIpc) is 3.24. The maximum Gasteiger partial charge on any atom is 0.233 e. The zero-order valence-electron chi connectivity index (χ0n) is 18.9. The van der Waals surface area contributed by atoms with Crippen molar-refractivity contribution in [1.82, 2.24) is 14.5 Å². The summed E-state index contributed by atoms with van der Waals surface area (Å²) in [5.41, 5.74) is 9.08. The fourth-order valence-corrected chi connectivity index (χ4v) is 4.57. The maximum absolute atomic E-state index is 13.2. The number of fused-ring (bicyclic) bond motifs is 1. The predicted octanol–water partition coefficient (Wildman–Crippen LogP) is 4.03. The molecule has 0 saturated carbocycles. The van der Waals surface area contributed by atoms with E-state index in [0.29, 0.717) is 11.7 Å². The van der Waals surface area contributed by atoms with Gasteiger partial charge in [-0.05, 0) is 42.0 Å². The number of methoxy groups -OCH3 is 1. The first-order valence-corrected chi connectivity index (χ1v) is 11.9. The molecule has 4 aromatic rings. The van der Waals surface area contributed by atoms with E-state index in [1.807, 2.05) is 83.4 Å². The van der Waals surface area contributed by atoms with E-state index in [4.69, 9.17) is 15.5 Å². The van der Waals surface area contributed by atoms with Gasteiger partial charge in [-0.3, -0.25) is 14.2 Å². The molecule has 0 aliphatic carbocycles. The van der Waals surface area contributed by atoms with Crippen LogP contribution in [-0.4, -0.2) is 45.7 Å². The van der Waals surface area contributed by atoms with Gasteiger partial charge in [0.1, 0.15) is 5.75 Å². The fraction of sp³-hybridized carbons (Fsp3) is 0.192. The third kappa shape index (κ3) is 5.58. The van der Waals surface area contributed by atoms with Gasteiger partial charge in [0, 0.05) is 25.2 Å². The number of imidazole rings is 1. The van der Waals surface area contributed by atoms with Crippen LogP contribution in [0.1, 0.15) is 12.0 Å². The first-order chi connectivity index (χ1) is 16.5. The molecule has 0 spiro atoms. The summed E-state index contributed by atoms with van der Waals surface area (Å²) >= 11 is 1.37. The number of nitrogens with two attached hydrogens (primary N) is 1. The summed E-state index contributed by atoms with van der Waals surface area (Å²) < 4.78 is 7.32. The van der Waals surface area contributed by atoms with Gasteiger partial charge >= 0.3 is 0 Å². The molecule has 174 valence electrons. The van der Waals surface area contributed by atoms with Crippen LogP contribution in [0.2, 0.25) is 0 Å². The summed E-state index contributed by atoms with van der Waals surface area (Å²) in [5.74, 6) is 0.442. The monoisotopic (exact) mass is 474 g/mol. The highest BCUT2D eigenvalue weighted by Gasteiger charge is 2.19. The molecule has 1 aromatic heterocycles. The smallest absolute Gasteiger partial charge is 0.233 e. The highest BCUT2D eigenvalue weighted by molar-refractivity contribution is 7.99. The molecule has 0 aliphatic rings.